The molecule has 0 radical (unpaired) electrons. The highest BCUT2D eigenvalue weighted by Crippen LogP contribution is 2.28. The molecule has 0 atom stereocenters. The summed E-state index contributed by atoms with van der Waals surface area (Å²) in [5.41, 5.74) is 9.30. The SMILES string of the molecule is Nc1ncc(-c2ccc(C(=O)N3CCN(C(=O)O)CC3)cc2)nc1-c1nc2cnccc2o1. The van der Waals surface area contributed by atoms with E-state index in [1.165, 1.54) is 4.90 Å². The normalized spacial score (nSPS) is 13.9. The minimum Gasteiger partial charge on any atom is -0.465 e. The number of hydrogen-bond donors (Lipinski definition) is 2. The molecule has 4 aromatic rings. The molecule has 0 spiro atoms. The van der Waals surface area contributed by atoms with Gasteiger partial charge in [-0.1, -0.05) is 12.1 Å². The third-order valence-corrected chi connectivity index (χ3v) is 5.46. The fraction of sp³-hybridized carbons (Fsp3) is 0.182. The number of piperazine rings is 1. The summed E-state index contributed by atoms with van der Waals surface area (Å²) in [6, 6.07) is 8.69. The molecule has 1 saturated heterocycles. The van der Waals surface area contributed by atoms with Gasteiger partial charge in [0.05, 0.1) is 18.1 Å². The van der Waals surface area contributed by atoms with Gasteiger partial charge in [-0.3, -0.25) is 9.78 Å². The van der Waals surface area contributed by atoms with Gasteiger partial charge in [-0.15, -0.1) is 0 Å². The molecule has 166 valence electrons. The molecule has 0 bridgehead atoms. The van der Waals surface area contributed by atoms with Crippen LogP contribution in [0.1, 0.15) is 10.4 Å². The molecule has 33 heavy (non-hydrogen) atoms. The highest BCUT2D eigenvalue weighted by Gasteiger charge is 2.24. The number of oxazole rings is 1. The van der Waals surface area contributed by atoms with E-state index in [0.717, 1.165) is 5.56 Å². The van der Waals surface area contributed by atoms with Gasteiger partial charge in [0, 0.05) is 49.6 Å². The average Bonchev–Trinajstić information content (AvgIpc) is 3.28. The van der Waals surface area contributed by atoms with Crippen LogP contribution >= 0.6 is 0 Å². The first-order valence-electron chi connectivity index (χ1n) is 10.2. The highest BCUT2D eigenvalue weighted by atomic mass is 16.4. The maximum Gasteiger partial charge on any atom is 0.407 e. The van der Waals surface area contributed by atoms with Crippen molar-refractivity contribution in [2.45, 2.75) is 0 Å². The van der Waals surface area contributed by atoms with Gasteiger partial charge in [-0.05, 0) is 12.1 Å². The number of pyridine rings is 1. The summed E-state index contributed by atoms with van der Waals surface area (Å²) in [6.45, 7) is 1.32. The van der Waals surface area contributed by atoms with Crippen molar-refractivity contribution < 1.29 is 19.1 Å². The van der Waals surface area contributed by atoms with Crippen molar-refractivity contribution in [1.29, 1.82) is 0 Å². The molecule has 2 amide bonds. The number of fused-ring (bicyclic) bond motifs is 1. The number of nitrogens with two attached hydrogens (primary N) is 1. The fourth-order valence-electron chi connectivity index (χ4n) is 3.64. The summed E-state index contributed by atoms with van der Waals surface area (Å²) in [5, 5.41) is 9.06. The van der Waals surface area contributed by atoms with Gasteiger partial charge in [0.25, 0.3) is 5.91 Å². The molecule has 5 rings (SSSR count). The summed E-state index contributed by atoms with van der Waals surface area (Å²) in [4.78, 5) is 44.0. The molecular weight excluding hydrogens is 426 g/mol. The summed E-state index contributed by atoms with van der Waals surface area (Å²) in [5.74, 6) is 0.290. The Morgan fingerprint density at radius 1 is 0.970 bits per heavy atom. The standard InChI is InChI=1S/C22H19N7O4/c23-19-18(20-27-16-11-24-6-5-17(16)33-20)26-15(12-25-19)13-1-3-14(4-2-13)21(30)28-7-9-29(10-8-28)22(31)32/h1-6,11-12H,7-10H2,(H2,23,25)(H,31,32). The zero-order valence-corrected chi connectivity index (χ0v) is 17.4. The number of aromatic nitrogens is 4. The van der Waals surface area contributed by atoms with Crippen molar-refractivity contribution in [2.75, 3.05) is 31.9 Å². The topological polar surface area (TPSA) is 152 Å². The summed E-state index contributed by atoms with van der Waals surface area (Å²) >= 11 is 0. The maximum absolute atomic E-state index is 12.8. The fourth-order valence-corrected chi connectivity index (χ4v) is 3.64. The van der Waals surface area contributed by atoms with Crippen LogP contribution in [0.3, 0.4) is 0 Å². The van der Waals surface area contributed by atoms with E-state index >= 15 is 0 Å². The Morgan fingerprint density at radius 2 is 1.70 bits per heavy atom. The van der Waals surface area contributed by atoms with E-state index in [4.69, 9.17) is 15.3 Å². The molecule has 3 aromatic heterocycles. The molecule has 0 aliphatic carbocycles. The minimum absolute atomic E-state index is 0.143. The van der Waals surface area contributed by atoms with Crippen molar-refractivity contribution in [3.8, 4) is 22.8 Å². The molecule has 1 aliphatic heterocycles. The molecule has 1 aromatic carbocycles. The first kappa shape index (κ1) is 20.4. The molecule has 3 N–H and O–H groups in total. The van der Waals surface area contributed by atoms with Gasteiger partial charge in [0.2, 0.25) is 5.89 Å². The van der Waals surface area contributed by atoms with E-state index in [0.29, 0.717) is 54.2 Å². The maximum atomic E-state index is 12.8. The summed E-state index contributed by atoms with van der Waals surface area (Å²) in [6.07, 6.45) is 3.78. The van der Waals surface area contributed by atoms with Crippen molar-refractivity contribution in [2.24, 2.45) is 0 Å². The number of carbonyl (C=O) groups excluding carboxylic acids is 1. The Hall–Kier alpha value is -4.54. The number of nitrogens with zero attached hydrogens (tertiary/aromatic N) is 6. The van der Waals surface area contributed by atoms with E-state index in [1.807, 2.05) is 0 Å². The smallest absolute Gasteiger partial charge is 0.407 e. The van der Waals surface area contributed by atoms with Crippen LogP contribution in [0.2, 0.25) is 0 Å². The largest absolute Gasteiger partial charge is 0.465 e. The third kappa shape index (κ3) is 3.91. The number of anilines is 1. The van der Waals surface area contributed by atoms with Gasteiger partial charge in [-0.25, -0.2) is 19.7 Å². The predicted molar refractivity (Wildman–Crippen MR) is 118 cm³/mol. The average molecular weight is 445 g/mol. The Morgan fingerprint density at radius 3 is 2.39 bits per heavy atom. The minimum atomic E-state index is -0.968. The highest BCUT2D eigenvalue weighted by molar-refractivity contribution is 5.95. The van der Waals surface area contributed by atoms with Gasteiger partial charge in [0.15, 0.2) is 17.1 Å². The van der Waals surface area contributed by atoms with Crippen LogP contribution in [0, 0.1) is 0 Å². The first-order chi connectivity index (χ1) is 16.0. The lowest BCUT2D eigenvalue weighted by Gasteiger charge is -2.33. The van der Waals surface area contributed by atoms with Crippen LogP contribution in [0.25, 0.3) is 33.9 Å². The Kier molecular flexibility index (Phi) is 5.05. The number of carbonyl (C=O) groups is 2. The molecule has 4 heterocycles. The van der Waals surface area contributed by atoms with Crippen LogP contribution in [0.5, 0.6) is 0 Å². The van der Waals surface area contributed by atoms with Gasteiger partial charge < -0.3 is 25.1 Å². The van der Waals surface area contributed by atoms with Crippen LogP contribution in [0.15, 0.2) is 53.3 Å². The predicted octanol–water partition coefficient (Wildman–Crippen LogP) is 2.36. The van der Waals surface area contributed by atoms with Crippen LogP contribution in [-0.4, -0.2) is 73.0 Å². The lowest BCUT2D eigenvalue weighted by Crippen LogP contribution is -2.50. The van der Waals surface area contributed by atoms with Gasteiger partial charge in [-0.2, -0.15) is 0 Å². The Balaban J connectivity index is 1.37. The number of carboxylic acid groups (broad SMARTS) is 1. The number of hydrogen-bond acceptors (Lipinski definition) is 8. The van der Waals surface area contributed by atoms with Gasteiger partial charge in [0.1, 0.15) is 5.52 Å². The molecule has 1 aliphatic rings. The Bertz CT molecular complexity index is 1310. The van der Waals surface area contributed by atoms with Crippen molar-refractivity contribution >= 4 is 28.9 Å². The van der Waals surface area contributed by atoms with Crippen molar-refractivity contribution in [1.82, 2.24) is 29.7 Å². The van der Waals surface area contributed by atoms with Crippen LogP contribution in [0.4, 0.5) is 10.6 Å². The number of benzene rings is 1. The van der Waals surface area contributed by atoms with Crippen molar-refractivity contribution in [3.05, 3.63) is 54.5 Å². The van der Waals surface area contributed by atoms with Crippen molar-refractivity contribution in [3.63, 3.8) is 0 Å². The molecular formula is C22H19N7O4. The zero-order chi connectivity index (χ0) is 22.9. The first-order valence-corrected chi connectivity index (χ1v) is 10.2. The van der Waals surface area contributed by atoms with E-state index < -0.39 is 6.09 Å². The molecule has 11 nitrogen and oxygen atoms in total. The molecule has 1 fully saturated rings. The molecule has 11 heteroatoms. The molecule has 0 unspecified atom stereocenters. The van der Waals surface area contributed by atoms with E-state index in [2.05, 4.69) is 19.9 Å². The quantitative estimate of drug-likeness (QED) is 0.484. The van der Waals surface area contributed by atoms with Gasteiger partial charge >= 0.3 is 6.09 Å². The number of rotatable bonds is 3. The lowest BCUT2D eigenvalue weighted by molar-refractivity contribution is 0.0625. The monoisotopic (exact) mass is 445 g/mol. The lowest BCUT2D eigenvalue weighted by atomic mass is 10.1. The third-order valence-electron chi connectivity index (χ3n) is 5.46. The van der Waals surface area contributed by atoms with E-state index in [1.54, 1.807) is 53.8 Å². The van der Waals surface area contributed by atoms with E-state index in [9.17, 15) is 9.59 Å². The van der Waals surface area contributed by atoms with E-state index in [-0.39, 0.29) is 17.6 Å². The second-order valence-electron chi connectivity index (χ2n) is 7.49. The second kappa shape index (κ2) is 8.19. The molecule has 0 saturated carbocycles. The summed E-state index contributed by atoms with van der Waals surface area (Å²) < 4.78 is 5.74. The zero-order valence-electron chi connectivity index (χ0n) is 17.4. The summed E-state index contributed by atoms with van der Waals surface area (Å²) in [7, 11) is 0. The van der Waals surface area contributed by atoms with Crippen LogP contribution in [-0.2, 0) is 0 Å². The number of nitrogen functional groups attached to an aromatic ring is 1. The second-order valence-corrected chi connectivity index (χ2v) is 7.49. The van der Waals surface area contributed by atoms with Crippen LogP contribution < -0.4 is 5.73 Å². The number of amides is 2. The Labute approximate surface area is 187 Å².